The second-order valence-electron chi connectivity index (χ2n) is 6.94. The molecule has 1 fully saturated rings. The Morgan fingerprint density at radius 3 is 2.52 bits per heavy atom. The molecule has 0 aliphatic heterocycles. The Kier molecular flexibility index (Phi) is 5.26. The van der Waals surface area contributed by atoms with Gasteiger partial charge in [0.25, 0.3) is 0 Å². The zero-order valence-electron chi connectivity index (χ0n) is 14.2. The lowest BCUT2D eigenvalue weighted by molar-refractivity contribution is 0.0857. The zero-order valence-corrected chi connectivity index (χ0v) is 14.2. The number of Topliss-reactive ketones (excluding diaryl/α,β-unsaturated/α-hetero) is 1. The van der Waals surface area contributed by atoms with Crippen molar-refractivity contribution in [1.82, 2.24) is 0 Å². The fourth-order valence-corrected chi connectivity index (χ4v) is 3.75. The van der Waals surface area contributed by atoms with E-state index in [1.54, 1.807) is 0 Å². The maximum absolute atomic E-state index is 14.1. The lowest BCUT2D eigenvalue weighted by Gasteiger charge is -2.28. The molecule has 2 atom stereocenters. The standard InChI is InChI=1S/C21H21F3O/c1-13-18(22)12-17(20(24)19(13)23)21(25)16-9-5-8-15(11-16)10-14-6-3-2-4-7-14/h2-4,6-7,12,15-16H,5,8-11H2,1H3. The molecular weight excluding hydrogens is 325 g/mol. The number of benzene rings is 2. The molecule has 1 saturated carbocycles. The predicted octanol–water partition coefficient (Wildman–Crippen LogP) is 5.64. The van der Waals surface area contributed by atoms with Gasteiger partial charge in [0.2, 0.25) is 0 Å². The molecule has 0 N–H and O–H groups in total. The molecule has 132 valence electrons. The Bertz CT molecular complexity index is 770. The van der Waals surface area contributed by atoms with Gasteiger partial charge in [-0.15, -0.1) is 0 Å². The van der Waals surface area contributed by atoms with Crippen molar-refractivity contribution >= 4 is 5.78 Å². The van der Waals surface area contributed by atoms with Crippen LogP contribution in [0.3, 0.4) is 0 Å². The molecule has 4 heteroatoms. The number of halogens is 3. The Balaban J connectivity index is 1.76. The molecule has 2 aromatic rings. The van der Waals surface area contributed by atoms with Gasteiger partial charge in [0, 0.05) is 11.5 Å². The first-order chi connectivity index (χ1) is 12.0. The van der Waals surface area contributed by atoms with Crippen LogP contribution in [0.2, 0.25) is 0 Å². The maximum Gasteiger partial charge on any atom is 0.170 e. The van der Waals surface area contributed by atoms with Crippen molar-refractivity contribution in [3.8, 4) is 0 Å². The minimum atomic E-state index is -1.26. The van der Waals surface area contributed by atoms with Crippen molar-refractivity contribution in [2.75, 3.05) is 0 Å². The third-order valence-electron chi connectivity index (χ3n) is 5.17. The normalized spacial score (nSPS) is 20.5. The molecule has 2 aromatic carbocycles. The molecule has 0 heterocycles. The summed E-state index contributed by atoms with van der Waals surface area (Å²) in [6.07, 6.45) is 4.01. The number of rotatable bonds is 4. The first-order valence-corrected chi connectivity index (χ1v) is 8.69. The van der Waals surface area contributed by atoms with Gasteiger partial charge in [-0.1, -0.05) is 43.2 Å². The summed E-state index contributed by atoms with van der Waals surface area (Å²) in [6.45, 7) is 1.17. The monoisotopic (exact) mass is 346 g/mol. The highest BCUT2D eigenvalue weighted by atomic mass is 19.2. The Hall–Kier alpha value is -2.10. The van der Waals surface area contributed by atoms with Gasteiger partial charge >= 0.3 is 0 Å². The highest BCUT2D eigenvalue weighted by molar-refractivity contribution is 5.98. The van der Waals surface area contributed by atoms with E-state index in [1.807, 2.05) is 18.2 Å². The Morgan fingerprint density at radius 1 is 1.08 bits per heavy atom. The van der Waals surface area contributed by atoms with Crippen molar-refractivity contribution < 1.29 is 18.0 Å². The van der Waals surface area contributed by atoms with Crippen LogP contribution >= 0.6 is 0 Å². The Morgan fingerprint density at radius 2 is 1.80 bits per heavy atom. The second kappa shape index (κ2) is 7.42. The third kappa shape index (κ3) is 3.78. The molecule has 0 aromatic heterocycles. The molecule has 0 spiro atoms. The average Bonchev–Trinajstić information content (AvgIpc) is 2.63. The van der Waals surface area contributed by atoms with Crippen LogP contribution in [-0.2, 0) is 6.42 Å². The summed E-state index contributed by atoms with van der Waals surface area (Å²) in [5.41, 5.74) is 0.366. The van der Waals surface area contributed by atoms with Crippen molar-refractivity contribution in [3.63, 3.8) is 0 Å². The number of carbonyl (C=O) groups is 1. The molecule has 25 heavy (non-hydrogen) atoms. The predicted molar refractivity (Wildman–Crippen MR) is 91.0 cm³/mol. The van der Waals surface area contributed by atoms with Crippen LogP contribution in [-0.4, -0.2) is 5.78 Å². The van der Waals surface area contributed by atoms with E-state index in [-0.39, 0.29) is 11.5 Å². The summed E-state index contributed by atoms with van der Waals surface area (Å²) in [5, 5.41) is 0. The number of hydrogen-bond acceptors (Lipinski definition) is 1. The molecule has 1 aliphatic carbocycles. The van der Waals surface area contributed by atoms with Gasteiger partial charge in [-0.2, -0.15) is 0 Å². The molecule has 0 saturated heterocycles. The molecule has 0 amide bonds. The van der Waals surface area contributed by atoms with Gasteiger partial charge in [0.15, 0.2) is 17.4 Å². The second-order valence-corrected chi connectivity index (χ2v) is 6.94. The number of carbonyl (C=O) groups excluding carboxylic acids is 1. The fraction of sp³-hybridized carbons (Fsp3) is 0.381. The van der Waals surface area contributed by atoms with Crippen molar-refractivity contribution in [1.29, 1.82) is 0 Å². The average molecular weight is 346 g/mol. The van der Waals surface area contributed by atoms with E-state index < -0.39 is 28.8 Å². The van der Waals surface area contributed by atoms with E-state index in [1.165, 1.54) is 12.5 Å². The van der Waals surface area contributed by atoms with Gasteiger partial charge in [-0.3, -0.25) is 4.79 Å². The summed E-state index contributed by atoms with van der Waals surface area (Å²) in [7, 11) is 0. The highest BCUT2D eigenvalue weighted by Gasteiger charge is 2.31. The van der Waals surface area contributed by atoms with Crippen molar-refractivity contribution in [3.05, 3.63) is 70.5 Å². The summed E-state index contributed by atoms with van der Waals surface area (Å²) in [5.74, 6) is -3.90. The smallest absolute Gasteiger partial charge is 0.170 e. The van der Waals surface area contributed by atoms with Crippen LogP contribution < -0.4 is 0 Å². The SMILES string of the molecule is Cc1c(F)cc(C(=O)C2CCCC(Cc3ccccc3)C2)c(F)c1F. The topological polar surface area (TPSA) is 17.1 Å². The molecular formula is C21H21F3O. The first kappa shape index (κ1) is 17.7. The van der Waals surface area contributed by atoms with Gasteiger partial charge in [0.05, 0.1) is 5.56 Å². The fourth-order valence-electron chi connectivity index (χ4n) is 3.75. The van der Waals surface area contributed by atoms with E-state index in [0.717, 1.165) is 25.3 Å². The summed E-state index contributed by atoms with van der Waals surface area (Å²) in [4.78, 5) is 12.7. The lowest BCUT2D eigenvalue weighted by atomic mass is 9.75. The summed E-state index contributed by atoms with van der Waals surface area (Å²) < 4.78 is 41.7. The van der Waals surface area contributed by atoms with Gasteiger partial charge < -0.3 is 0 Å². The van der Waals surface area contributed by atoms with E-state index in [0.29, 0.717) is 18.8 Å². The molecule has 0 radical (unpaired) electrons. The van der Waals surface area contributed by atoms with Gasteiger partial charge in [-0.05, 0) is 43.7 Å². The minimum absolute atomic E-state index is 0.327. The van der Waals surface area contributed by atoms with Crippen LogP contribution in [0, 0.1) is 36.2 Å². The van der Waals surface area contributed by atoms with Gasteiger partial charge in [0.1, 0.15) is 5.82 Å². The lowest BCUT2D eigenvalue weighted by Crippen LogP contribution is -2.25. The summed E-state index contributed by atoms with van der Waals surface area (Å²) >= 11 is 0. The molecule has 1 nitrogen and oxygen atoms in total. The molecule has 3 rings (SSSR count). The first-order valence-electron chi connectivity index (χ1n) is 8.69. The number of ketones is 1. The van der Waals surface area contributed by atoms with Crippen LogP contribution in [0.4, 0.5) is 13.2 Å². The Labute approximate surface area is 145 Å². The maximum atomic E-state index is 14.1. The highest BCUT2D eigenvalue weighted by Crippen LogP contribution is 2.34. The largest absolute Gasteiger partial charge is 0.294 e. The summed E-state index contributed by atoms with van der Waals surface area (Å²) in [6, 6.07) is 10.9. The minimum Gasteiger partial charge on any atom is -0.294 e. The van der Waals surface area contributed by atoms with Crippen LogP contribution in [0.1, 0.15) is 47.2 Å². The molecule has 1 aliphatic rings. The van der Waals surface area contributed by atoms with Gasteiger partial charge in [-0.25, -0.2) is 13.2 Å². The quantitative estimate of drug-likeness (QED) is 0.517. The molecule has 2 unspecified atom stereocenters. The third-order valence-corrected chi connectivity index (χ3v) is 5.17. The van der Waals surface area contributed by atoms with Crippen molar-refractivity contribution in [2.45, 2.75) is 39.0 Å². The van der Waals surface area contributed by atoms with E-state index >= 15 is 0 Å². The van der Waals surface area contributed by atoms with Crippen LogP contribution in [0.15, 0.2) is 36.4 Å². The number of hydrogen-bond donors (Lipinski definition) is 0. The van der Waals surface area contributed by atoms with E-state index in [2.05, 4.69) is 12.1 Å². The van der Waals surface area contributed by atoms with E-state index in [4.69, 9.17) is 0 Å². The molecule has 0 bridgehead atoms. The zero-order chi connectivity index (χ0) is 18.0. The van der Waals surface area contributed by atoms with Crippen molar-refractivity contribution in [2.24, 2.45) is 11.8 Å². The van der Waals surface area contributed by atoms with Crippen LogP contribution in [0.5, 0.6) is 0 Å². The van der Waals surface area contributed by atoms with Crippen LogP contribution in [0.25, 0.3) is 0 Å². The van der Waals surface area contributed by atoms with E-state index in [9.17, 15) is 18.0 Å².